The highest BCUT2D eigenvalue weighted by Gasteiger charge is 2.23. The number of aryl methyl sites for hydroxylation is 1. The molecule has 0 atom stereocenters. The van der Waals surface area contributed by atoms with Crippen molar-refractivity contribution in [2.24, 2.45) is 0 Å². The Morgan fingerprint density at radius 1 is 0.953 bits per heavy atom. The molecule has 0 fully saturated rings. The number of fused-ring (bicyclic) bond motifs is 2. The van der Waals surface area contributed by atoms with Crippen LogP contribution in [0.4, 0.5) is 4.79 Å². The van der Waals surface area contributed by atoms with Crippen molar-refractivity contribution in [3.63, 3.8) is 0 Å². The van der Waals surface area contributed by atoms with Crippen molar-refractivity contribution >= 4 is 43.8 Å². The van der Waals surface area contributed by atoms with Crippen LogP contribution < -0.4 is 9.47 Å². The minimum Gasteiger partial charge on any atom is -0.484 e. The Morgan fingerprint density at radius 3 is 2.58 bits per heavy atom. The standard InChI is InChI=1S/C33H30BrN5O4/c1-2-3-12-29-32(26-11-7-8-13-27(26)42-29)43-33(40)39(19-22-9-5-4-6-10-22)20-23-14-16-25-24(18-23)15-17-28(31(25)34)41-21-30-35-37-38-36-30/h4-11,13-18H,2-3,12,19-21H2,1H3,(H,35,36,37,38). The molecule has 0 unspecified atom stereocenters. The normalized spacial score (nSPS) is 11.2. The van der Waals surface area contributed by atoms with E-state index in [1.807, 2.05) is 78.9 Å². The van der Waals surface area contributed by atoms with Gasteiger partial charge < -0.3 is 13.9 Å². The third-order valence-electron chi connectivity index (χ3n) is 7.15. The maximum absolute atomic E-state index is 13.8. The predicted molar refractivity (Wildman–Crippen MR) is 167 cm³/mol. The van der Waals surface area contributed by atoms with Crippen LogP contribution in [0.25, 0.3) is 21.7 Å². The number of carbonyl (C=O) groups excluding carboxylic acids is 1. The second kappa shape index (κ2) is 13.1. The largest absolute Gasteiger partial charge is 0.484 e. The maximum Gasteiger partial charge on any atom is 0.415 e. The number of aromatic nitrogens is 4. The zero-order valence-corrected chi connectivity index (χ0v) is 25.2. The number of nitrogens with zero attached hydrogens (tertiary/aromatic N) is 4. The Kier molecular flexibility index (Phi) is 8.65. The van der Waals surface area contributed by atoms with Gasteiger partial charge in [-0.1, -0.05) is 74.0 Å². The lowest BCUT2D eigenvalue weighted by molar-refractivity contribution is 0.146. The number of para-hydroxylation sites is 1. The summed E-state index contributed by atoms with van der Waals surface area (Å²) in [6.45, 7) is 3.10. The van der Waals surface area contributed by atoms with Crippen LogP contribution in [-0.4, -0.2) is 31.6 Å². The SMILES string of the molecule is CCCCc1oc2ccccc2c1OC(=O)N(Cc1ccccc1)Cc1ccc2c(Br)c(OCc3nnn[nH]3)ccc2c1. The van der Waals surface area contributed by atoms with Gasteiger partial charge in [-0.3, -0.25) is 4.90 Å². The molecule has 218 valence electrons. The molecule has 0 saturated heterocycles. The van der Waals surface area contributed by atoms with E-state index in [1.165, 1.54) is 0 Å². The maximum atomic E-state index is 13.8. The van der Waals surface area contributed by atoms with Crippen LogP contribution >= 0.6 is 15.9 Å². The summed E-state index contributed by atoms with van der Waals surface area (Å²) in [5, 5.41) is 16.5. The van der Waals surface area contributed by atoms with E-state index in [1.54, 1.807) is 4.90 Å². The molecule has 4 aromatic carbocycles. The smallest absolute Gasteiger partial charge is 0.415 e. The molecule has 2 heterocycles. The monoisotopic (exact) mass is 639 g/mol. The van der Waals surface area contributed by atoms with Gasteiger partial charge in [-0.05, 0) is 78.9 Å². The third-order valence-corrected chi connectivity index (χ3v) is 7.97. The van der Waals surface area contributed by atoms with Crippen molar-refractivity contribution in [1.82, 2.24) is 25.5 Å². The van der Waals surface area contributed by atoms with Crippen LogP contribution in [0.3, 0.4) is 0 Å². The fraction of sp³-hybridized carbons (Fsp3) is 0.212. The zero-order valence-electron chi connectivity index (χ0n) is 23.6. The number of rotatable bonds is 11. The van der Waals surface area contributed by atoms with Crippen LogP contribution in [0.1, 0.15) is 42.5 Å². The molecule has 1 N–H and O–H groups in total. The number of unbranched alkanes of at least 4 members (excludes halogenated alkanes) is 1. The summed E-state index contributed by atoms with van der Waals surface area (Å²) in [7, 11) is 0. The van der Waals surface area contributed by atoms with E-state index in [0.29, 0.717) is 48.2 Å². The lowest BCUT2D eigenvalue weighted by Crippen LogP contribution is -2.32. The number of carbonyl (C=O) groups is 1. The van der Waals surface area contributed by atoms with Gasteiger partial charge in [0.1, 0.15) is 23.7 Å². The first-order valence-electron chi connectivity index (χ1n) is 14.2. The van der Waals surface area contributed by atoms with Crippen molar-refractivity contribution in [1.29, 1.82) is 0 Å². The van der Waals surface area contributed by atoms with E-state index < -0.39 is 6.09 Å². The average molecular weight is 641 g/mol. The van der Waals surface area contributed by atoms with Crippen molar-refractivity contribution < 1.29 is 18.7 Å². The number of benzene rings is 4. The molecule has 0 spiro atoms. The molecular formula is C33H30BrN5O4. The number of hydrogen-bond donors (Lipinski definition) is 1. The van der Waals surface area contributed by atoms with Crippen LogP contribution in [0.15, 0.2) is 93.8 Å². The van der Waals surface area contributed by atoms with E-state index in [4.69, 9.17) is 13.9 Å². The van der Waals surface area contributed by atoms with E-state index in [2.05, 4.69) is 49.5 Å². The molecule has 9 nitrogen and oxygen atoms in total. The van der Waals surface area contributed by atoms with Gasteiger partial charge >= 0.3 is 6.09 Å². The highest BCUT2D eigenvalue weighted by atomic mass is 79.9. The Labute approximate surface area is 256 Å². The first-order valence-corrected chi connectivity index (χ1v) is 15.0. The lowest BCUT2D eigenvalue weighted by atomic mass is 10.1. The zero-order chi connectivity index (χ0) is 29.6. The van der Waals surface area contributed by atoms with Gasteiger partial charge in [0.05, 0.1) is 9.86 Å². The summed E-state index contributed by atoms with van der Waals surface area (Å²) in [4.78, 5) is 15.6. The Hall–Kier alpha value is -4.70. The molecule has 10 heteroatoms. The summed E-state index contributed by atoms with van der Waals surface area (Å²) in [6, 6.07) is 27.6. The minimum absolute atomic E-state index is 0.220. The van der Waals surface area contributed by atoms with Gasteiger partial charge in [-0.2, -0.15) is 0 Å². The molecule has 6 aromatic rings. The van der Waals surface area contributed by atoms with Crippen LogP contribution in [0.2, 0.25) is 0 Å². The number of furan rings is 1. The first-order chi connectivity index (χ1) is 21.1. The molecule has 0 radical (unpaired) electrons. The van der Waals surface area contributed by atoms with Crippen LogP contribution in [0, 0.1) is 0 Å². The highest BCUT2D eigenvalue weighted by molar-refractivity contribution is 9.10. The van der Waals surface area contributed by atoms with Gasteiger partial charge in [0.15, 0.2) is 11.6 Å². The molecule has 43 heavy (non-hydrogen) atoms. The predicted octanol–water partition coefficient (Wildman–Crippen LogP) is 7.98. The highest BCUT2D eigenvalue weighted by Crippen LogP contribution is 2.36. The Bertz CT molecular complexity index is 1840. The summed E-state index contributed by atoms with van der Waals surface area (Å²) < 4.78 is 19.0. The van der Waals surface area contributed by atoms with Gasteiger partial charge in [-0.15, -0.1) is 5.10 Å². The fourth-order valence-corrected chi connectivity index (χ4v) is 5.57. The summed E-state index contributed by atoms with van der Waals surface area (Å²) in [5.41, 5.74) is 2.69. The molecule has 2 aromatic heterocycles. The summed E-state index contributed by atoms with van der Waals surface area (Å²) in [5.74, 6) is 2.41. The summed E-state index contributed by atoms with van der Waals surface area (Å²) in [6.07, 6.45) is 2.22. The van der Waals surface area contributed by atoms with E-state index in [0.717, 1.165) is 44.6 Å². The molecule has 0 bridgehead atoms. The average Bonchev–Trinajstić information content (AvgIpc) is 3.68. The van der Waals surface area contributed by atoms with Crippen LogP contribution in [0.5, 0.6) is 11.5 Å². The second-order valence-corrected chi connectivity index (χ2v) is 11.0. The Balaban J connectivity index is 1.26. The molecule has 1 amide bonds. The molecule has 6 rings (SSSR count). The fourth-order valence-electron chi connectivity index (χ4n) is 4.96. The molecule has 0 aliphatic carbocycles. The van der Waals surface area contributed by atoms with Crippen LogP contribution in [-0.2, 0) is 26.1 Å². The number of tetrazole rings is 1. The number of H-pyrrole nitrogens is 1. The van der Waals surface area contributed by atoms with Gasteiger partial charge in [-0.25, -0.2) is 9.89 Å². The molecular weight excluding hydrogens is 610 g/mol. The minimum atomic E-state index is -0.430. The number of ether oxygens (including phenoxy) is 2. The first kappa shape index (κ1) is 28.4. The van der Waals surface area contributed by atoms with Gasteiger partial charge in [0.2, 0.25) is 0 Å². The number of hydrogen-bond acceptors (Lipinski definition) is 7. The number of halogens is 1. The van der Waals surface area contributed by atoms with E-state index in [9.17, 15) is 4.79 Å². The van der Waals surface area contributed by atoms with Crippen molar-refractivity contribution in [3.8, 4) is 11.5 Å². The van der Waals surface area contributed by atoms with Crippen molar-refractivity contribution in [3.05, 3.63) is 112 Å². The number of amides is 1. The van der Waals surface area contributed by atoms with E-state index >= 15 is 0 Å². The third kappa shape index (κ3) is 6.54. The Morgan fingerprint density at radius 2 is 1.77 bits per heavy atom. The summed E-state index contributed by atoms with van der Waals surface area (Å²) >= 11 is 3.69. The number of aromatic amines is 1. The lowest BCUT2D eigenvalue weighted by Gasteiger charge is -2.23. The quantitative estimate of drug-likeness (QED) is 0.153. The number of nitrogens with one attached hydrogen (secondary N) is 1. The second-order valence-electron chi connectivity index (χ2n) is 10.2. The van der Waals surface area contributed by atoms with Gasteiger partial charge in [0, 0.05) is 19.5 Å². The van der Waals surface area contributed by atoms with E-state index in [-0.39, 0.29) is 6.61 Å². The van der Waals surface area contributed by atoms with Gasteiger partial charge in [0.25, 0.3) is 0 Å². The van der Waals surface area contributed by atoms with Crippen molar-refractivity contribution in [2.45, 2.75) is 45.9 Å². The molecule has 0 saturated carbocycles. The van der Waals surface area contributed by atoms with Crippen molar-refractivity contribution in [2.75, 3.05) is 0 Å². The molecule has 0 aliphatic heterocycles. The topological polar surface area (TPSA) is 106 Å². The molecule has 0 aliphatic rings.